The molecule has 1 N–H and O–H groups in total. The molecule has 3 heteroatoms. The molecule has 0 saturated heterocycles. The topological polar surface area (TPSA) is 42.6 Å². The molecule has 0 atom stereocenters. The molecule has 3 aromatic rings. The molecule has 0 radical (unpaired) electrons. The normalized spacial score (nSPS) is 11.0. The quantitative estimate of drug-likeness (QED) is 0.768. The number of benzene rings is 2. The Hall–Kier alpha value is -2.26. The van der Waals surface area contributed by atoms with E-state index in [0.29, 0.717) is 0 Å². The molecule has 0 bridgehead atoms. The van der Waals surface area contributed by atoms with Crippen LogP contribution in [0.2, 0.25) is 0 Å². The molecule has 3 rings (SSSR count). The average molecular weight is 282 g/mol. The van der Waals surface area contributed by atoms with Gasteiger partial charge in [-0.25, -0.2) is 0 Å². The summed E-state index contributed by atoms with van der Waals surface area (Å²) in [5.74, 6) is 1.65. The van der Waals surface area contributed by atoms with Gasteiger partial charge in [0.2, 0.25) is 0 Å². The standard InChI is InChI=1S/C18H18O3/c1-20-16-9-8-15-11-17(21-18(15)12-16)14-6-4-13(5-7-14)3-2-10-19/h4-9,11-12,19H,2-3,10H2,1H3. The van der Waals surface area contributed by atoms with Gasteiger partial charge in [0.25, 0.3) is 0 Å². The summed E-state index contributed by atoms with van der Waals surface area (Å²) in [6, 6.07) is 16.1. The van der Waals surface area contributed by atoms with E-state index in [-0.39, 0.29) is 6.61 Å². The molecule has 0 amide bonds. The largest absolute Gasteiger partial charge is 0.497 e. The third kappa shape index (κ3) is 2.93. The molecule has 0 fully saturated rings. The van der Waals surface area contributed by atoms with E-state index in [1.165, 1.54) is 5.56 Å². The molecule has 0 aliphatic heterocycles. The van der Waals surface area contributed by atoms with E-state index >= 15 is 0 Å². The van der Waals surface area contributed by atoms with E-state index in [2.05, 4.69) is 24.3 Å². The number of aryl methyl sites for hydroxylation is 1. The van der Waals surface area contributed by atoms with Gasteiger partial charge >= 0.3 is 0 Å². The Bertz CT molecular complexity index is 726. The Morgan fingerprint density at radius 3 is 2.57 bits per heavy atom. The van der Waals surface area contributed by atoms with Gasteiger partial charge in [-0.2, -0.15) is 0 Å². The Morgan fingerprint density at radius 2 is 1.86 bits per heavy atom. The zero-order valence-electron chi connectivity index (χ0n) is 12.0. The lowest BCUT2D eigenvalue weighted by Gasteiger charge is -2.01. The van der Waals surface area contributed by atoms with Crippen molar-refractivity contribution in [2.24, 2.45) is 0 Å². The van der Waals surface area contributed by atoms with Crippen LogP contribution in [0.25, 0.3) is 22.3 Å². The Balaban J connectivity index is 1.89. The van der Waals surface area contributed by atoms with Crippen molar-refractivity contribution in [2.45, 2.75) is 12.8 Å². The summed E-state index contributed by atoms with van der Waals surface area (Å²) in [5, 5.41) is 9.92. The van der Waals surface area contributed by atoms with Crippen molar-refractivity contribution >= 4 is 11.0 Å². The van der Waals surface area contributed by atoms with Crippen molar-refractivity contribution in [3.05, 3.63) is 54.1 Å². The Kier molecular flexibility index (Phi) is 3.93. The number of hydrogen-bond donors (Lipinski definition) is 1. The van der Waals surface area contributed by atoms with Gasteiger partial charge in [0.05, 0.1) is 7.11 Å². The molecule has 21 heavy (non-hydrogen) atoms. The van der Waals surface area contributed by atoms with E-state index in [1.807, 2.05) is 24.3 Å². The number of methoxy groups -OCH3 is 1. The maximum Gasteiger partial charge on any atom is 0.138 e. The van der Waals surface area contributed by atoms with Gasteiger partial charge in [-0.3, -0.25) is 0 Å². The molecule has 3 nitrogen and oxygen atoms in total. The van der Waals surface area contributed by atoms with Crippen LogP contribution in [0.15, 0.2) is 52.9 Å². The highest BCUT2D eigenvalue weighted by Gasteiger charge is 2.07. The van der Waals surface area contributed by atoms with E-state index in [4.69, 9.17) is 14.3 Å². The average Bonchev–Trinajstić information content (AvgIpc) is 2.96. The lowest BCUT2D eigenvalue weighted by Crippen LogP contribution is -1.88. The molecule has 2 aromatic carbocycles. The van der Waals surface area contributed by atoms with Gasteiger partial charge in [-0.1, -0.05) is 24.3 Å². The zero-order chi connectivity index (χ0) is 14.7. The van der Waals surface area contributed by atoms with Crippen molar-refractivity contribution in [3.63, 3.8) is 0 Å². The third-order valence-corrected chi connectivity index (χ3v) is 3.59. The maximum atomic E-state index is 8.86. The predicted molar refractivity (Wildman–Crippen MR) is 83.6 cm³/mol. The van der Waals surface area contributed by atoms with Crippen LogP contribution in [-0.2, 0) is 6.42 Å². The molecule has 0 saturated carbocycles. The van der Waals surface area contributed by atoms with Gasteiger partial charge < -0.3 is 14.3 Å². The van der Waals surface area contributed by atoms with Crippen LogP contribution >= 0.6 is 0 Å². The number of ether oxygens (including phenoxy) is 1. The van der Waals surface area contributed by atoms with Gasteiger partial charge in [0.1, 0.15) is 17.1 Å². The van der Waals surface area contributed by atoms with Gasteiger partial charge in [-0.15, -0.1) is 0 Å². The van der Waals surface area contributed by atoms with Crippen molar-refractivity contribution in [1.82, 2.24) is 0 Å². The molecule has 108 valence electrons. The minimum atomic E-state index is 0.229. The first kappa shape index (κ1) is 13.7. The first-order valence-electron chi connectivity index (χ1n) is 7.08. The predicted octanol–water partition coefficient (Wildman–Crippen LogP) is 4.03. The third-order valence-electron chi connectivity index (χ3n) is 3.59. The van der Waals surface area contributed by atoms with E-state index in [1.54, 1.807) is 7.11 Å². The number of hydrogen-bond acceptors (Lipinski definition) is 3. The van der Waals surface area contributed by atoms with Crippen molar-refractivity contribution in [1.29, 1.82) is 0 Å². The van der Waals surface area contributed by atoms with E-state index in [9.17, 15) is 0 Å². The molecular formula is C18H18O3. The van der Waals surface area contributed by atoms with Crippen molar-refractivity contribution < 1.29 is 14.3 Å². The summed E-state index contributed by atoms with van der Waals surface area (Å²) in [6.45, 7) is 0.229. The fraction of sp³-hybridized carbons (Fsp3) is 0.222. The number of rotatable bonds is 5. The summed E-state index contributed by atoms with van der Waals surface area (Å²) in [5.41, 5.74) is 3.11. The number of aliphatic hydroxyl groups is 1. The second kappa shape index (κ2) is 6.02. The Morgan fingerprint density at radius 1 is 1.05 bits per heavy atom. The lowest BCUT2D eigenvalue weighted by molar-refractivity contribution is 0.288. The Labute approximate surface area is 123 Å². The highest BCUT2D eigenvalue weighted by molar-refractivity contribution is 5.83. The fourth-order valence-electron chi connectivity index (χ4n) is 2.40. The van der Waals surface area contributed by atoms with Gasteiger partial charge in [0.15, 0.2) is 0 Å². The zero-order valence-corrected chi connectivity index (χ0v) is 12.0. The number of furan rings is 1. The number of aliphatic hydroxyl groups excluding tert-OH is 1. The van der Waals surface area contributed by atoms with Crippen LogP contribution in [0.4, 0.5) is 0 Å². The smallest absolute Gasteiger partial charge is 0.138 e. The number of fused-ring (bicyclic) bond motifs is 1. The molecule has 0 aliphatic rings. The lowest BCUT2D eigenvalue weighted by atomic mass is 10.1. The monoisotopic (exact) mass is 282 g/mol. The molecule has 0 aliphatic carbocycles. The minimum Gasteiger partial charge on any atom is -0.497 e. The summed E-state index contributed by atoms with van der Waals surface area (Å²) >= 11 is 0. The van der Waals surface area contributed by atoms with Gasteiger partial charge in [0, 0.05) is 23.6 Å². The molecular weight excluding hydrogens is 264 g/mol. The molecule has 0 unspecified atom stereocenters. The summed E-state index contributed by atoms with van der Waals surface area (Å²) in [4.78, 5) is 0. The van der Waals surface area contributed by atoms with E-state index in [0.717, 1.165) is 40.9 Å². The highest BCUT2D eigenvalue weighted by Crippen LogP contribution is 2.30. The summed E-state index contributed by atoms with van der Waals surface area (Å²) in [7, 11) is 1.65. The van der Waals surface area contributed by atoms with Gasteiger partial charge in [-0.05, 0) is 36.6 Å². The molecule has 1 heterocycles. The molecule has 0 spiro atoms. The van der Waals surface area contributed by atoms with E-state index < -0.39 is 0 Å². The van der Waals surface area contributed by atoms with Crippen molar-refractivity contribution in [2.75, 3.05) is 13.7 Å². The van der Waals surface area contributed by atoms with Crippen LogP contribution in [0.3, 0.4) is 0 Å². The molecule has 1 aromatic heterocycles. The highest BCUT2D eigenvalue weighted by atomic mass is 16.5. The van der Waals surface area contributed by atoms with Crippen molar-refractivity contribution in [3.8, 4) is 17.1 Å². The van der Waals surface area contributed by atoms with Crippen LogP contribution < -0.4 is 4.74 Å². The minimum absolute atomic E-state index is 0.229. The van der Waals surface area contributed by atoms with Crippen LogP contribution in [0.5, 0.6) is 5.75 Å². The summed E-state index contributed by atoms with van der Waals surface area (Å²) in [6.07, 6.45) is 1.69. The van der Waals surface area contributed by atoms with Crippen LogP contribution in [-0.4, -0.2) is 18.8 Å². The fourth-order valence-corrected chi connectivity index (χ4v) is 2.40. The maximum absolute atomic E-state index is 8.86. The second-order valence-corrected chi connectivity index (χ2v) is 5.04. The second-order valence-electron chi connectivity index (χ2n) is 5.04. The first-order valence-corrected chi connectivity index (χ1v) is 7.08. The van der Waals surface area contributed by atoms with Crippen LogP contribution in [0.1, 0.15) is 12.0 Å². The SMILES string of the molecule is COc1ccc2cc(-c3ccc(CCCO)cc3)oc2c1. The van der Waals surface area contributed by atoms with Crippen LogP contribution in [0, 0.1) is 0 Å². The summed E-state index contributed by atoms with van der Waals surface area (Å²) < 4.78 is 11.1. The first-order chi connectivity index (χ1) is 10.3.